The lowest BCUT2D eigenvalue weighted by molar-refractivity contribution is 1.18. The van der Waals surface area contributed by atoms with Crippen molar-refractivity contribution in [2.45, 2.75) is 0 Å². The van der Waals surface area contributed by atoms with E-state index in [1.54, 1.807) is 0 Å². The normalized spacial score (nSPS) is 11.9. The lowest BCUT2D eigenvalue weighted by Gasteiger charge is -2.29. The molecule has 1 heterocycles. The fraction of sp³-hybridized carbons (Fsp3) is 0. The van der Waals surface area contributed by atoms with E-state index in [1.165, 1.54) is 87.5 Å². The quantitative estimate of drug-likeness (QED) is 0.161. The number of hydrogen-bond acceptors (Lipinski definition) is 1. The maximum absolute atomic E-state index is 2.49. The molecule has 0 bridgehead atoms. The Morgan fingerprint density at radius 3 is 1.93 bits per heavy atom. The van der Waals surface area contributed by atoms with E-state index in [-0.39, 0.29) is 0 Å². The van der Waals surface area contributed by atoms with Gasteiger partial charge in [0, 0.05) is 33.4 Å². The third kappa shape index (κ3) is 4.57. The Bertz CT molecular complexity index is 3370. The Labute approximate surface area is 324 Å². The van der Waals surface area contributed by atoms with Crippen LogP contribution in [0, 0.1) is 0 Å². The lowest BCUT2D eigenvalue weighted by Crippen LogP contribution is -2.11. The highest BCUT2D eigenvalue weighted by Gasteiger charge is 2.29. The maximum atomic E-state index is 2.49. The first-order chi connectivity index (χ1) is 27.8. The van der Waals surface area contributed by atoms with Gasteiger partial charge in [0.25, 0.3) is 0 Å². The summed E-state index contributed by atoms with van der Waals surface area (Å²) in [5.74, 6) is 0. The third-order valence-corrected chi connectivity index (χ3v) is 11.8. The molecule has 0 aliphatic heterocycles. The van der Waals surface area contributed by atoms with Crippen LogP contribution in [0.15, 0.2) is 206 Å². The van der Waals surface area contributed by atoms with Crippen molar-refractivity contribution in [2.75, 3.05) is 4.90 Å². The maximum Gasteiger partial charge on any atom is 0.0561 e. The number of rotatable bonds is 5. The summed E-state index contributed by atoms with van der Waals surface area (Å²) in [5, 5.41) is 10.1. The molecule has 0 saturated carbocycles. The van der Waals surface area contributed by atoms with E-state index in [9.17, 15) is 0 Å². The van der Waals surface area contributed by atoms with Crippen LogP contribution in [0.25, 0.3) is 93.2 Å². The summed E-state index contributed by atoms with van der Waals surface area (Å²) in [6.07, 6.45) is 0. The minimum absolute atomic E-state index is 1.11. The number of fused-ring (bicyclic) bond motifs is 9. The number of benzene rings is 10. The largest absolute Gasteiger partial charge is 0.310 e. The number of aromatic nitrogens is 1. The first-order valence-corrected chi connectivity index (χ1v) is 19.3. The summed E-state index contributed by atoms with van der Waals surface area (Å²) >= 11 is 0. The highest BCUT2D eigenvalue weighted by atomic mass is 15.1. The van der Waals surface area contributed by atoms with Crippen LogP contribution in [0.2, 0.25) is 0 Å². The van der Waals surface area contributed by atoms with Crippen molar-refractivity contribution in [3.63, 3.8) is 0 Å². The summed E-state index contributed by atoms with van der Waals surface area (Å²) in [6, 6.07) is 75.9. The van der Waals surface area contributed by atoms with E-state index >= 15 is 0 Å². The van der Waals surface area contributed by atoms with Crippen LogP contribution in [0.4, 0.5) is 17.1 Å². The van der Waals surface area contributed by atoms with Crippen LogP contribution in [-0.4, -0.2) is 4.57 Å². The zero-order valence-electron chi connectivity index (χ0n) is 30.5. The van der Waals surface area contributed by atoms with Gasteiger partial charge >= 0.3 is 0 Å². The molecule has 2 nitrogen and oxygen atoms in total. The summed E-state index contributed by atoms with van der Waals surface area (Å²) < 4.78 is 2.44. The number of nitrogens with zero attached hydrogens (tertiary/aromatic N) is 2. The van der Waals surface area contributed by atoms with E-state index in [1.807, 2.05) is 0 Å². The first kappa shape index (κ1) is 31.0. The van der Waals surface area contributed by atoms with Crippen LogP contribution in [0.5, 0.6) is 0 Å². The summed E-state index contributed by atoms with van der Waals surface area (Å²) in [5.41, 5.74) is 14.4. The second-order valence-electron chi connectivity index (χ2n) is 14.9. The van der Waals surface area contributed by atoms with Gasteiger partial charge in [0.05, 0.1) is 16.7 Å². The molecule has 2 heteroatoms. The number of hydrogen-bond donors (Lipinski definition) is 0. The molecule has 12 rings (SSSR count). The molecule has 56 heavy (non-hydrogen) atoms. The van der Waals surface area contributed by atoms with Crippen LogP contribution in [0.1, 0.15) is 0 Å². The Balaban J connectivity index is 1.15. The summed E-state index contributed by atoms with van der Waals surface area (Å²) in [6.45, 7) is 0. The molecule has 0 unspecified atom stereocenters. The number of para-hydroxylation sites is 1. The summed E-state index contributed by atoms with van der Waals surface area (Å²) in [4.78, 5) is 2.49. The van der Waals surface area contributed by atoms with Crippen molar-refractivity contribution in [3.8, 4) is 39.1 Å². The number of anilines is 3. The SMILES string of the molecule is c1ccc(-c2cccc(N(c3ccc4c5ccccc5n(-c5ccc6ccccc6c5)c4c3)c3cccc4c3-c3cccc5cc6ccccc6c-4c35)c2)cc1. The molecule has 1 aromatic heterocycles. The van der Waals surface area contributed by atoms with E-state index in [4.69, 9.17) is 0 Å². The van der Waals surface area contributed by atoms with Gasteiger partial charge in [-0.1, -0.05) is 152 Å². The van der Waals surface area contributed by atoms with Gasteiger partial charge < -0.3 is 9.47 Å². The fourth-order valence-corrected chi connectivity index (χ4v) is 9.40. The van der Waals surface area contributed by atoms with Crippen LogP contribution < -0.4 is 4.90 Å². The third-order valence-electron chi connectivity index (χ3n) is 11.8. The molecule has 0 fully saturated rings. The highest BCUT2D eigenvalue weighted by molar-refractivity contribution is 6.26. The Hall–Kier alpha value is -7.42. The first-order valence-electron chi connectivity index (χ1n) is 19.3. The molecule has 11 aromatic rings. The minimum atomic E-state index is 1.11. The van der Waals surface area contributed by atoms with Crippen LogP contribution >= 0.6 is 0 Å². The molecule has 0 atom stereocenters. The van der Waals surface area contributed by atoms with Crippen LogP contribution in [-0.2, 0) is 0 Å². The predicted octanol–water partition coefficient (Wildman–Crippen LogP) is 15.0. The Kier molecular flexibility index (Phi) is 6.66. The standard InChI is InChI=1S/C54H34N2/c1-2-13-35(14-3-1)38-18-10-20-41(32-38)55(50-26-12-24-48-53(50)47-23-11-19-40-31-39-17-6-7-21-44(39)54(48)52(40)47)43-29-30-46-45-22-8-9-25-49(45)56(51(46)34-43)42-28-27-36-15-4-5-16-37(36)33-42/h1-34H. The molecule has 1 aliphatic carbocycles. The zero-order valence-corrected chi connectivity index (χ0v) is 30.5. The lowest BCUT2D eigenvalue weighted by atomic mass is 9.96. The van der Waals surface area contributed by atoms with Gasteiger partial charge in [-0.15, -0.1) is 0 Å². The molecular weight excluding hydrogens is 677 g/mol. The van der Waals surface area contributed by atoms with Gasteiger partial charge in [0.2, 0.25) is 0 Å². The van der Waals surface area contributed by atoms with Crippen LogP contribution in [0.3, 0.4) is 0 Å². The average molecular weight is 711 g/mol. The van der Waals surface area contributed by atoms with Crippen molar-refractivity contribution >= 4 is 71.2 Å². The summed E-state index contributed by atoms with van der Waals surface area (Å²) in [7, 11) is 0. The van der Waals surface area contributed by atoms with Gasteiger partial charge in [-0.25, -0.2) is 0 Å². The van der Waals surface area contributed by atoms with Gasteiger partial charge in [0.1, 0.15) is 0 Å². The van der Waals surface area contributed by atoms with Gasteiger partial charge in [-0.05, 0) is 115 Å². The molecule has 0 radical (unpaired) electrons. The minimum Gasteiger partial charge on any atom is -0.310 e. The fourth-order valence-electron chi connectivity index (χ4n) is 9.40. The molecule has 0 amide bonds. The van der Waals surface area contributed by atoms with Crippen molar-refractivity contribution in [3.05, 3.63) is 206 Å². The van der Waals surface area contributed by atoms with Crippen molar-refractivity contribution in [2.24, 2.45) is 0 Å². The molecule has 260 valence electrons. The molecule has 0 saturated heterocycles. The topological polar surface area (TPSA) is 8.17 Å². The van der Waals surface area contributed by atoms with Gasteiger partial charge in [-0.2, -0.15) is 0 Å². The van der Waals surface area contributed by atoms with Crippen molar-refractivity contribution in [1.82, 2.24) is 4.57 Å². The van der Waals surface area contributed by atoms with Gasteiger partial charge in [0.15, 0.2) is 0 Å². The molecule has 0 spiro atoms. The second-order valence-corrected chi connectivity index (χ2v) is 14.9. The van der Waals surface area contributed by atoms with Crippen molar-refractivity contribution < 1.29 is 0 Å². The van der Waals surface area contributed by atoms with Gasteiger partial charge in [-0.3, -0.25) is 0 Å². The molecule has 1 aliphatic rings. The van der Waals surface area contributed by atoms with E-state index < -0.39 is 0 Å². The second kappa shape index (κ2) is 12.0. The zero-order chi connectivity index (χ0) is 36.7. The average Bonchev–Trinajstić information content (AvgIpc) is 3.78. The molecular formula is C54H34N2. The Morgan fingerprint density at radius 2 is 1.02 bits per heavy atom. The van der Waals surface area contributed by atoms with E-state index in [0.29, 0.717) is 0 Å². The van der Waals surface area contributed by atoms with Crippen molar-refractivity contribution in [1.29, 1.82) is 0 Å². The molecule has 0 N–H and O–H groups in total. The van der Waals surface area contributed by atoms with E-state index in [2.05, 4.69) is 216 Å². The van der Waals surface area contributed by atoms with E-state index in [0.717, 1.165) is 22.7 Å². The molecule has 10 aromatic carbocycles. The Morgan fingerprint density at radius 1 is 0.339 bits per heavy atom. The smallest absolute Gasteiger partial charge is 0.0561 e. The highest BCUT2D eigenvalue weighted by Crippen LogP contribution is 2.55. The predicted molar refractivity (Wildman–Crippen MR) is 238 cm³/mol. The monoisotopic (exact) mass is 710 g/mol.